The maximum Gasteiger partial charge on any atom is 0.306 e. The van der Waals surface area contributed by atoms with Gasteiger partial charge in [0.15, 0.2) is 6.10 Å². The highest BCUT2D eigenvalue weighted by Gasteiger charge is 2.19. The van der Waals surface area contributed by atoms with E-state index >= 15 is 0 Å². The van der Waals surface area contributed by atoms with Gasteiger partial charge in [-0.05, 0) is 122 Å². The summed E-state index contributed by atoms with van der Waals surface area (Å²) in [5, 5.41) is 0. The van der Waals surface area contributed by atoms with Crippen LogP contribution in [0.2, 0.25) is 0 Å². The average Bonchev–Trinajstić information content (AvgIpc) is 3.44. The van der Waals surface area contributed by atoms with Gasteiger partial charge in [-0.2, -0.15) is 0 Å². The molecule has 78 heavy (non-hydrogen) atoms. The molecular formula is C72H122O6. The lowest BCUT2D eigenvalue weighted by molar-refractivity contribution is -0.167. The number of hydrogen-bond acceptors (Lipinski definition) is 6. The van der Waals surface area contributed by atoms with E-state index in [-0.39, 0.29) is 31.1 Å². The molecule has 0 aliphatic heterocycles. The number of ether oxygens (including phenoxy) is 3. The highest BCUT2D eigenvalue weighted by Crippen LogP contribution is 2.16. The third kappa shape index (κ3) is 62.9. The Labute approximate surface area is 482 Å². The number of allylic oxidation sites excluding steroid dienone is 18. The zero-order chi connectivity index (χ0) is 56.4. The van der Waals surface area contributed by atoms with E-state index in [0.717, 1.165) is 128 Å². The molecule has 0 aliphatic carbocycles. The van der Waals surface area contributed by atoms with Crippen LogP contribution >= 0.6 is 0 Å². The molecule has 0 aromatic heterocycles. The van der Waals surface area contributed by atoms with Gasteiger partial charge in [0.2, 0.25) is 0 Å². The molecule has 1 atom stereocenters. The third-order valence-corrected chi connectivity index (χ3v) is 14.0. The minimum Gasteiger partial charge on any atom is -0.462 e. The van der Waals surface area contributed by atoms with Crippen molar-refractivity contribution >= 4 is 17.9 Å². The first-order valence-electron chi connectivity index (χ1n) is 32.9. The van der Waals surface area contributed by atoms with Crippen molar-refractivity contribution in [3.8, 4) is 0 Å². The van der Waals surface area contributed by atoms with E-state index in [4.69, 9.17) is 14.2 Å². The van der Waals surface area contributed by atoms with E-state index in [1.54, 1.807) is 0 Å². The summed E-state index contributed by atoms with van der Waals surface area (Å²) in [6.45, 7) is 6.48. The Morgan fingerprint density at radius 3 is 0.833 bits per heavy atom. The molecule has 0 rings (SSSR count). The Balaban J connectivity index is 4.36. The van der Waals surface area contributed by atoms with Gasteiger partial charge in [-0.1, -0.05) is 278 Å². The summed E-state index contributed by atoms with van der Waals surface area (Å²) in [6.07, 6.45) is 89.5. The smallest absolute Gasteiger partial charge is 0.306 e. The summed E-state index contributed by atoms with van der Waals surface area (Å²) in [5.41, 5.74) is 0. The van der Waals surface area contributed by atoms with E-state index < -0.39 is 6.10 Å². The minimum atomic E-state index is -0.791. The van der Waals surface area contributed by atoms with E-state index in [1.165, 1.54) is 141 Å². The second-order valence-corrected chi connectivity index (χ2v) is 21.6. The van der Waals surface area contributed by atoms with Crippen LogP contribution in [0.5, 0.6) is 0 Å². The van der Waals surface area contributed by atoms with Crippen molar-refractivity contribution in [3.05, 3.63) is 109 Å². The predicted octanol–water partition coefficient (Wildman–Crippen LogP) is 22.6. The summed E-state index contributed by atoms with van der Waals surface area (Å²) < 4.78 is 16.9. The first-order chi connectivity index (χ1) is 38.5. The largest absolute Gasteiger partial charge is 0.462 e. The maximum atomic E-state index is 12.9. The van der Waals surface area contributed by atoms with Crippen LogP contribution in [-0.2, 0) is 28.6 Å². The number of carbonyl (C=O) groups excluding carboxylic acids is 3. The maximum absolute atomic E-state index is 12.9. The quantitative estimate of drug-likeness (QED) is 0.0261. The molecule has 0 radical (unpaired) electrons. The standard InChI is InChI=1S/C72H122O6/c1-4-7-10-13-16-19-22-25-28-30-32-33-34-35-36-37-38-39-41-42-44-47-50-53-56-59-62-65-71(74)77-68-69(67-76-70(73)64-61-58-55-52-49-46-27-24-21-18-15-12-9-6-3)78-72(75)66-63-60-57-54-51-48-45-43-40-31-29-26-23-20-17-14-11-8-5-2/h7,10,15-16,18-19,24-29,32-33,35-36,38-39,69H,4-6,8-9,11-14,17,20-23,30-31,34,37,40-68H2,1-3H3/b10-7-,18-15-,19-16-,27-24-,28-25-,29-26-,33-32-,36-35-,39-38-. The molecule has 1 unspecified atom stereocenters. The van der Waals surface area contributed by atoms with E-state index in [0.29, 0.717) is 19.3 Å². The molecular weight excluding hydrogens is 961 g/mol. The number of unbranched alkanes of at least 4 members (excludes halogenated alkanes) is 30. The van der Waals surface area contributed by atoms with Crippen molar-refractivity contribution in [1.29, 1.82) is 0 Å². The molecule has 0 fully saturated rings. The van der Waals surface area contributed by atoms with Gasteiger partial charge in [-0.3, -0.25) is 14.4 Å². The first kappa shape index (κ1) is 74.1. The number of esters is 3. The minimum absolute atomic E-state index is 0.0878. The normalized spacial score (nSPS) is 12.8. The first-order valence-corrected chi connectivity index (χ1v) is 32.9. The number of rotatable bonds is 59. The molecule has 0 spiro atoms. The van der Waals surface area contributed by atoms with E-state index in [1.807, 2.05) is 0 Å². The zero-order valence-electron chi connectivity index (χ0n) is 51.2. The van der Waals surface area contributed by atoms with Crippen LogP contribution in [0.3, 0.4) is 0 Å². The Kier molecular flexibility index (Phi) is 62.3. The lowest BCUT2D eigenvalue weighted by Gasteiger charge is -2.18. The van der Waals surface area contributed by atoms with Crippen molar-refractivity contribution < 1.29 is 28.6 Å². The molecule has 0 aliphatic rings. The van der Waals surface area contributed by atoms with E-state index in [2.05, 4.69) is 130 Å². The fraction of sp³-hybridized carbons (Fsp3) is 0.708. The van der Waals surface area contributed by atoms with Crippen LogP contribution in [0.15, 0.2) is 109 Å². The van der Waals surface area contributed by atoms with Crippen LogP contribution < -0.4 is 0 Å². The molecule has 6 heteroatoms. The second kappa shape index (κ2) is 65.6. The van der Waals surface area contributed by atoms with Crippen LogP contribution in [0.1, 0.15) is 310 Å². The van der Waals surface area contributed by atoms with Crippen LogP contribution in [0.4, 0.5) is 0 Å². The van der Waals surface area contributed by atoms with Crippen molar-refractivity contribution in [3.63, 3.8) is 0 Å². The highest BCUT2D eigenvalue weighted by molar-refractivity contribution is 5.71. The van der Waals surface area contributed by atoms with Gasteiger partial charge in [0.25, 0.3) is 0 Å². The summed E-state index contributed by atoms with van der Waals surface area (Å²) in [7, 11) is 0. The fourth-order valence-electron chi connectivity index (χ4n) is 9.05. The molecule has 6 nitrogen and oxygen atoms in total. The topological polar surface area (TPSA) is 78.9 Å². The average molecular weight is 1080 g/mol. The van der Waals surface area contributed by atoms with Gasteiger partial charge in [0.05, 0.1) is 0 Å². The molecule has 446 valence electrons. The van der Waals surface area contributed by atoms with Crippen molar-refractivity contribution in [2.24, 2.45) is 0 Å². The second-order valence-electron chi connectivity index (χ2n) is 21.6. The Morgan fingerprint density at radius 1 is 0.269 bits per heavy atom. The van der Waals surface area contributed by atoms with Gasteiger partial charge in [-0.15, -0.1) is 0 Å². The molecule has 0 saturated carbocycles. The lowest BCUT2D eigenvalue weighted by atomic mass is 10.1. The Morgan fingerprint density at radius 2 is 0.513 bits per heavy atom. The van der Waals surface area contributed by atoms with Crippen molar-refractivity contribution in [1.82, 2.24) is 0 Å². The third-order valence-electron chi connectivity index (χ3n) is 14.0. The Bertz CT molecular complexity index is 1570. The molecule has 0 heterocycles. The molecule has 0 amide bonds. The molecule has 0 bridgehead atoms. The van der Waals surface area contributed by atoms with Gasteiger partial charge < -0.3 is 14.2 Å². The lowest BCUT2D eigenvalue weighted by Crippen LogP contribution is -2.30. The molecule has 0 aromatic carbocycles. The predicted molar refractivity (Wildman–Crippen MR) is 339 cm³/mol. The van der Waals surface area contributed by atoms with Crippen LogP contribution in [0, 0.1) is 0 Å². The molecule has 0 aromatic rings. The molecule has 0 saturated heterocycles. The van der Waals surface area contributed by atoms with Crippen LogP contribution in [0.25, 0.3) is 0 Å². The van der Waals surface area contributed by atoms with Gasteiger partial charge in [0.1, 0.15) is 13.2 Å². The Hall–Kier alpha value is -3.93. The number of hydrogen-bond donors (Lipinski definition) is 0. The van der Waals surface area contributed by atoms with Crippen molar-refractivity contribution in [2.75, 3.05) is 13.2 Å². The van der Waals surface area contributed by atoms with Gasteiger partial charge in [0, 0.05) is 19.3 Å². The van der Waals surface area contributed by atoms with E-state index in [9.17, 15) is 14.4 Å². The summed E-state index contributed by atoms with van der Waals surface area (Å²) >= 11 is 0. The zero-order valence-corrected chi connectivity index (χ0v) is 51.2. The van der Waals surface area contributed by atoms with Gasteiger partial charge >= 0.3 is 17.9 Å². The SMILES string of the molecule is CC/C=C\C/C=C\C/C=C\C/C=C\C/C=C\C/C=C\CCCCCCCCCCC(=O)OCC(COC(=O)CCCCCCC/C=C\C/C=C\CCCC)OC(=O)CCCCCCCCCCC/C=C\CCCCCCCC. The van der Waals surface area contributed by atoms with Gasteiger partial charge in [-0.25, -0.2) is 0 Å². The summed E-state index contributed by atoms with van der Waals surface area (Å²) in [5.74, 6) is -0.903. The van der Waals surface area contributed by atoms with Crippen molar-refractivity contribution in [2.45, 2.75) is 316 Å². The highest BCUT2D eigenvalue weighted by atomic mass is 16.6. The van der Waals surface area contributed by atoms with Crippen LogP contribution in [-0.4, -0.2) is 37.2 Å². The summed E-state index contributed by atoms with van der Waals surface area (Å²) in [6, 6.07) is 0. The monoisotopic (exact) mass is 1080 g/mol. The number of carbonyl (C=O) groups is 3. The fourth-order valence-corrected chi connectivity index (χ4v) is 9.05. The molecule has 0 N–H and O–H groups in total. The summed E-state index contributed by atoms with van der Waals surface area (Å²) in [4.78, 5) is 38.4.